The minimum Gasteiger partial charge on any atom is -0.380 e. The van der Waals surface area contributed by atoms with Crippen LogP contribution in [0, 0.1) is 8.99 Å². The van der Waals surface area contributed by atoms with Crippen molar-refractivity contribution < 1.29 is 4.74 Å². The Bertz CT molecular complexity index is 319. The smallest absolute Gasteiger partial charge is 0.0554 e. The molecule has 1 aliphatic heterocycles. The van der Waals surface area contributed by atoms with Crippen molar-refractivity contribution in [1.29, 1.82) is 0 Å². The third-order valence-electron chi connectivity index (χ3n) is 2.70. The number of hydrogen-bond acceptors (Lipinski definition) is 2. The number of benzene rings is 1. The minimum absolute atomic E-state index is 0.364. The number of halogens is 1. The van der Waals surface area contributed by atoms with E-state index in [1.165, 1.54) is 9.13 Å². The first-order valence-electron chi connectivity index (χ1n) is 5.21. The van der Waals surface area contributed by atoms with Crippen molar-refractivity contribution in [2.24, 2.45) is 5.41 Å². The zero-order valence-electron chi connectivity index (χ0n) is 8.92. The van der Waals surface area contributed by atoms with E-state index in [4.69, 9.17) is 4.74 Å². The minimum atomic E-state index is 0.364. The van der Waals surface area contributed by atoms with Crippen LogP contribution in [0.4, 0.5) is 0 Å². The number of rotatable bonds is 4. The van der Waals surface area contributed by atoms with Gasteiger partial charge in [0.15, 0.2) is 0 Å². The average molecular weight is 317 g/mol. The topological polar surface area (TPSA) is 21.3 Å². The fraction of sp³-hybridized carbons (Fsp3) is 0.500. The second-order valence-electron chi connectivity index (χ2n) is 4.53. The van der Waals surface area contributed by atoms with Gasteiger partial charge >= 0.3 is 0 Å². The third kappa shape index (κ3) is 3.16. The van der Waals surface area contributed by atoms with Gasteiger partial charge in [0.25, 0.3) is 0 Å². The normalized spacial score (nSPS) is 18.5. The molecule has 1 saturated heterocycles. The van der Waals surface area contributed by atoms with E-state index >= 15 is 0 Å². The number of hydrogen-bond donors (Lipinski definition) is 1. The van der Waals surface area contributed by atoms with Crippen molar-refractivity contribution in [3.8, 4) is 0 Å². The summed E-state index contributed by atoms with van der Waals surface area (Å²) < 4.78 is 6.50. The lowest BCUT2D eigenvalue weighted by Gasteiger charge is -2.38. The van der Waals surface area contributed by atoms with Crippen molar-refractivity contribution in [1.82, 2.24) is 5.32 Å². The Morgan fingerprint density at radius 3 is 2.53 bits per heavy atom. The SMILES string of the molecule is CC1(CNCc2ccc(I)cc2)COC1. The Morgan fingerprint density at radius 1 is 1.33 bits per heavy atom. The van der Waals surface area contributed by atoms with Crippen LogP contribution in [0.15, 0.2) is 24.3 Å². The molecule has 1 N–H and O–H groups in total. The summed E-state index contributed by atoms with van der Waals surface area (Å²) in [4.78, 5) is 0. The lowest BCUT2D eigenvalue weighted by Crippen LogP contribution is -2.47. The van der Waals surface area contributed by atoms with Gasteiger partial charge in [0.1, 0.15) is 0 Å². The van der Waals surface area contributed by atoms with Gasteiger partial charge < -0.3 is 10.1 Å². The summed E-state index contributed by atoms with van der Waals surface area (Å²) in [7, 11) is 0. The van der Waals surface area contributed by atoms with E-state index in [1.54, 1.807) is 0 Å². The molecule has 0 aromatic heterocycles. The van der Waals surface area contributed by atoms with Crippen LogP contribution in [-0.2, 0) is 11.3 Å². The highest BCUT2D eigenvalue weighted by Gasteiger charge is 2.32. The van der Waals surface area contributed by atoms with E-state index in [0.29, 0.717) is 5.41 Å². The molecule has 0 amide bonds. The quantitative estimate of drug-likeness (QED) is 0.861. The molecule has 15 heavy (non-hydrogen) atoms. The van der Waals surface area contributed by atoms with Crippen LogP contribution in [0.2, 0.25) is 0 Å². The Hall–Kier alpha value is -0.130. The molecule has 2 rings (SSSR count). The van der Waals surface area contributed by atoms with E-state index < -0.39 is 0 Å². The molecule has 1 aliphatic rings. The van der Waals surface area contributed by atoms with Crippen LogP contribution in [0.3, 0.4) is 0 Å². The largest absolute Gasteiger partial charge is 0.380 e. The molecule has 82 valence electrons. The lowest BCUT2D eigenvalue weighted by molar-refractivity contribution is -0.0991. The van der Waals surface area contributed by atoms with Crippen LogP contribution < -0.4 is 5.32 Å². The Kier molecular flexibility index (Phi) is 3.64. The summed E-state index contributed by atoms with van der Waals surface area (Å²) in [5, 5.41) is 3.48. The molecule has 0 saturated carbocycles. The first kappa shape index (κ1) is 11.4. The van der Waals surface area contributed by atoms with Gasteiger partial charge in [0.2, 0.25) is 0 Å². The predicted octanol–water partition coefficient (Wildman–Crippen LogP) is 2.42. The molecule has 0 spiro atoms. The first-order valence-corrected chi connectivity index (χ1v) is 6.29. The maximum Gasteiger partial charge on any atom is 0.0554 e. The standard InChI is InChI=1S/C12H16INO/c1-12(8-15-9-12)7-14-6-10-2-4-11(13)5-3-10/h2-5,14H,6-9H2,1H3. The first-order chi connectivity index (χ1) is 7.18. The van der Waals surface area contributed by atoms with E-state index in [0.717, 1.165) is 26.3 Å². The molecule has 0 aliphatic carbocycles. The molecule has 0 atom stereocenters. The fourth-order valence-electron chi connectivity index (χ4n) is 1.66. The summed E-state index contributed by atoms with van der Waals surface area (Å²) >= 11 is 2.33. The second kappa shape index (κ2) is 4.80. The van der Waals surface area contributed by atoms with Gasteiger partial charge in [-0.2, -0.15) is 0 Å². The molecule has 1 heterocycles. The predicted molar refractivity (Wildman–Crippen MR) is 69.8 cm³/mol. The Labute approximate surface area is 105 Å². The maximum atomic E-state index is 5.22. The van der Waals surface area contributed by atoms with Gasteiger partial charge in [-0.1, -0.05) is 19.1 Å². The van der Waals surface area contributed by atoms with Crippen LogP contribution in [-0.4, -0.2) is 19.8 Å². The highest BCUT2D eigenvalue weighted by Crippen LogP contribution is 2.25. The molecule has 0 radical (unpaired) electrons. The van der Waals surface area contributed by atoms with Crippen molar-refractivity contribution in [2.75, 3.05) is 19.8 Å². The Balaban J connectivity index is 1.76. The third-order valence-corrected chi connectivity index (χ3v) is 3.41. The molecule has 0 unspecified atom stereocenters. The molecule has 1 aromatic carbocycles. The van der Waals surface area contributed by atoms with E-state index in [1.807, 2.05) is 0 Å². The van der Waals surface area contributed by atoms with E-state index in [-0.39, 0.29) is 0 Å². The van der Waals surface area contributed by atoms with Crippen molar-refractivity contribution in [3.05, 3.63) is 33.4 Å². The number of ether oxygens (including phenoxy) is 1. The monoisotopic (exact) mass is 317 g/mol. The summed E-state index contributed by atoms with van der Waals surface area (Å²) in [5.74, 6) is 0. The Morgan fingerprint density at radius 2 is 2.00 bits per heavy atom. The summed E-state index contributed by atoms with van der Waals surface area (Å²) in [5.41, 5.74) is 1.71. The van der Waals surface area contributed by atoms with Crippen molar-refractivity contribution in [2.45, 2.75) is 13.5 Å². The van der Waals surface area contributed by atoms with E-state index in [9.17, 15) is 0 Å². The van der Waals surface area contributed by atoms with Gasteiger partial charge in [0.05, 0.1) is 13.2 Å². The molecule has 3 heteroatoms. The molecule has 1 aromatic rings. The lowest BCUT2D eigenvalue weighted by atomic mass is 9.89. The van der Waals surface area contributed by atoms with Gasteiger partial charge in [0, 0.05) is 22.1 Å². The molecular weight excluding hydrogens is 301 g/mol. The molecule has 1 fully saturated rings. The van der Waals surface area contributed by atoms with Gasteiger partial charge in [-0.15, -0.1) is 0 Å². The summed E-state index contributed by atoms with van der Waals surface area (Å²) in [6, 6.07) is 8.64. The van der Waals surface area contributed by atoms with Crippen LogP contribution in [0.1, 0.15) is 12.5 Å². The van der Waals surface area contributed by atoms with Crippen molar-refractivity contribution in [3.63, 3.8) is 0 Å². The van der Waals surface area contributed by atoms with Gasteiger partial charge in [-0.25, -0.2) is 0 Å². The fourth-order valence-corrected chi connectivity index (χ4v) is 2.02. The zero-order valence-corrected chi connectivity index (χ0v) is 11.1. The maximum absolute atomic E-state index is 5.22. The highest BCUT2D eigenvalue weighted by molar-refractivity contribution is 14.1. The zero-order chi connectivity index (χ0) is 10.7. The van der Waals surface area contributed by atoms with Crippen LogP contribution in [0.5, 0.6) is 0 Å². The van der Waals surface area contributed by atoms with Gasteiger partial charge in [-0.05, 0) is 40.3 Å². The summed E-state index contributed by atoms with van der Waals surface area (Å²) in [6.45, 7) is 6.04. The highest BCUT2D eigenvalue weighted by atomic mass is 127. The molecule has 0 bridgehead atoms. The average Bonchev–Trinajstić information content (AvgIpc) is 2.19. The van der Waals surface area contributed by atoms with Crippen molar-refractivity contribution >= 4 is 22.6 Å². The van der Waals surface area contributed by atoms with Crippen LogP contribution in [0.25, 0.3) is 0 Å². The molecular formula is C12H16INO. The van der Waals surface area contributed by atoms with Crippen LogP contribution >= 0.6 is 22.6 Å². The molecule has 2 nitrogen and oxygen atoms in total. The second-order valence-corrected chi connectivity index (χ2v) is 5.78. The summed E-state index contributed by atoms with van der Waals surface area (Å²) in [6.07, 6.45) is 0. The number of nitrogens with one attached hydrogen (secondary N) is 1. The van der Waals surface area contributed by atoms with Gasteiger partial charge in [-0.3, -0.25) is 0 Å². The van der Waals surface area contributed by atoms with E-state index in [2.05, 4.69) is 59.1 Å².